The summed E-state index contributed by atoms with van der Waals surface area (Å²) < 4.78 is 8.31. The Labute approximate surface area is 162 Å². The number of unbranched alkanes of at least 4 members (excludes halogenated alkanes) is 1. The molecule has 1 N–H and O–H groups in total. The van der Waals surface area contributed by atoms with Crippen LogP contribution in [0.15, 0.2) is 9.59 Å². The zero-order valence-corrected chi connectivity index (χ0v) is 16.7. The number of fused-ring (bicyclic) bond motifs is 1. The first-order valence-electron chi connectivity index (χ1n) is 9.78. The molecule has 10 heteroatoms. The predicted molar refractivity (Wildman–Crippen MR) is 106 cm³/mol. The highest BCUT2D eigenvalue weighted by Crippen LogP contribution is 2.21. The molecule has 3 heterocycles. The summed E-state index contributed by atoms with van der Waals surface area (Å²) in [6, 6.07) is 0. The molecule has 2 aromatic rings. The number of ether oxygens (including phenoxy) is 1. The van der Waals surface area contributed by atoms with Gasteiger partial charge in [-0.1, -0.05) is 13.3 Å². The number of esters is 1. The van der Waals surface area contributed by atoms with Gasteiger partial charge >= 0.3 is 11.7 Å². The number of anilines is 1. The summed E-state index contributed by atoms with van der Waals surface area (Å²) in [7, 11) is 1.61. The number of nitrogens with one attached hydrogen (secondary N) is 1. The highest BCUT2D eigenvalue weighted by molar-refractivity contribution is 5.74. The lowest BCUT2D eigenvalue weighted by atomic mass is 10.3. The maximum absolute atomic E-state index is 12.5. The SMILES string of the molecule is CCCCn1c(N2CCN(CC(=O)OCC)CC2)nc2c1c(=O)[nH]c(=O)n2C. The normalized spacial score (nSPS) is 15.3. The van der Waals surface area contributed by atoms with E-state index in [2.05, 4.69) is 26.7 Å². The van der Waals surface area contributed by atoms with Crippen LogP contribution in [0, 0.1) is 0 Å². The van der Waals surface area contributed by atoms with Crippen molar-refractivity contribution in [3.63, 3.8) is 0 Å². The van der Waals surface area contributed by atoms with Crippen molar-refractivity contribution < 1.29 is 9.53 Å². The molecule has 154 valence electrons. The number of carbonyl (C=O) groups is 1. The molecule has 2 aromatic heterocycles. The number of aromatic amines is 1. The lowest BCUT2D eigenvalue weighted by molar-refractivity contribution is -0.144. The van der Waals surface area contributed by atoms with Crippen molar-refractivity contribution in [1.29, 1.82) is 0 Å². The van der Waals surface area contributed by atoms with Crippen LogP contribution >= 0.6 is 0 Å². The number of aryl methyl sites for hydroxylation is 2. The van der Waals surface area contributed by atoms with Gasteiger partial charge < -0.3 is 14.2 Å². The predicted octanol–water partition coefficient (Wildman–Crippen LogP) is -0.0915. The summed E-state index contributed by atoms with van der Waals surface area (Å²) in [4.78, 5) is 47.3. The maximum Gasteiger partial charge on any atom is 0.329 e. The lowest BCUT2D eigenvalue weighted by Gasteiger charge is -2.34. The molecule has 0 amide bonds. The number of H-pyrrole nitrogens is 1. The molecule has 0 spiro atoms. The monoisotopic (exact) mass is 392 g/mol. The third-order valence-electron chi connectivity index (χ3n) is 5.04. The molecule has 10 nitrogen and oxygen atoms in total. The molecule has 0 bridgehead atoms. The van der Waals surface area contributed by atoms with Crippen LogP contribution < -0.4 is 16.1 Å². The molecular formula is C18H28N6O4. The molecule has 3 rings (SSSR count). The smallest absolute Gasteiger partial charge is 0.329 e. The van der Waals surface area contributed by atoms with Gasteiger partial charge in [-0.3, -0.25) is 24.0 Å². The number of rotatable bonds is 7. The van der Waals surface area contributed by atoms with Crippen LogP contribution in [0.3, 0.4) is 0 Å². The summed E-state index contributed by atoms with van der Waals surface area (Å²) in [5.74, 6) is 0.485. The zero-order chi connectivity index (χ0) is 20.3. The Morgan fingerprint density at radius 3 is 2.54 bits per heavy atom. The second kappa shape index (κ2) is 8.59. The minimum Gasteiger partial charge on any atom is -0.465 e. The maximum atomic E-state index is 12.5. The van der Waals surface area contributed by atoms with Crippen molar-refractivity contribution in [3.05, 3.63) is 20.8 Å². The van der Waals surface area contributed by atoms with E-state index in [-0.39, 0.29) is 12.5 Å². The topological polar surface area (TPSA) is 105 Å². The van der Waals surface area contributed by atoms with Crippen LogP contribution in [-0.4, -0.2) is 69.3 Å². The Kier molecular flexibility index (Phi) is 6.18. The van der Waals surface area contributed by atoms with Gasteiger partial charge in [0.1, 0.15) is 0 Å². The molecular weight excluding hydrogens is 364 g/mol. The van der Waals surface area contributed by atoms with Crippen LogP contribution in [0.25, 0.3) is 11.2 Å². The molecule has 28 heavy (non-hydrogen) atoms. The Hall–Kier alpha value is -2.62. The summed E-state index contributed by atoms with van der Waals surface area (Å²) in [5.41, 5.74) is -0.0503. The van der Waals surface area contributed by atoms with Gasteiger partial charge in [0.2, 0.25) is 5.95 Å². The van der Waals surface area contributed by atoms with Crippen molar-refractivity contribution in [1.82, 2.24) is 24.0 Å². The Bertz CT molecular complexity index is 951. The van der Waals surface area contributed by atoms with Crippen molar-refractivity contribution >= 4 is 23.1 Å². The van der Waals surface area contributed by atoms with Crippen LogP contribution in [-0.2, 0) is 23.1 Å². The quantitative estimate of drug-likeness (QED) is 0.657. The molecule has 1 aliphatic heterocycles. The van der Waals surface area contributed by atoms with Crippen molar-refractivity contribution in [2.75, 3.05) is 44.2 Å². The fourth-order valence-electron chi connectivity index (χ4n) is 3.49. The summed E-state index contributed by atoms with van der Waals surface area (Å²) in [5, 5.41) is 0. The molecule has 0 unspecified atom stereocenters. The minimum atomic E-state index is -0.469. The number of hydrogen-bond donors (Lipinski definition) is 1. The molecule has 0 aliphatic carbocycles. The first kappa shape index (κ1) is 20.1. The highest BCUT2D eigenvalue weighted by Gasteiger charge is 2.25. The van der Waals surface area contributed by atoms with E-state index in [0.29, 0.717) is 56.4 Å². The molecule has 0 saturated carbocycles. The number of piperazine rings is 1. The second-order valence-corrected chi connectivity index (χ2v) is 6.98. The molecule has 1 fully saturated rings. The van der Waals surface area contributed by atoms with E-state index in [4.69, 9.17) is 4.74 Å². The largest absolute Gasteiger partial charge is 0.465 e. The summed E-state index contributed by atoms with van der Waals surface area (Å²) in [6.45, 7) is 7.97. The number of imidazole rings is 1. The second-order valence-electron chi connectivity index (χ2n) is 6.98. The van der Waals surface area contributed by atoms with E-state index in [1.54, 1.807) is 14.0 Å². The van der Waals surface area contributed by atoms with Crippen LogP contribution in [0.2, 0.25) is 0 Å². The van der Waals surface area contributed by atoms with Gasteiger partial charge in [0, 0.05) is 39.8 Å². The van der Waals surface area contributed by atoms with Gasteiger partial charge in [-0.25, -0.2) is 4.79 Å². The van der Waals surface area contributed by atoms with E-state index in [1.165, 1.54) is 4.57 Å². The first-order valence-corrected chi connectivity index (χ1v) is 9.78. The fourth-order valence-corrected chi connectivity index (χ4v) is 3.49. The fraction of sp³-hybridized carbons (Fsp3) is 0.667. The van der Waals surface area contributed by atoms with Crippen LogP contribution in [0.4, 0.5) is 5.95 Å². The first-order chi connectivity index (χ1) is 13.5. The number of nitrogens with zero attached hydrogens (tertiary/aromatic N) is 5. The molecule has 1 saturated heterocycles. The van der Waals surface area contributed by atoms with Crippen LogP contribution in [0.1, 0.15) is 26.7 Å². The average Bonchev–Trinajstić information content (AvgIpc) is 3.05. The van der Waals surface area contributed by atoms with E-state index < -0.39 is 11.2 Å². The van der Waals surface area contributed by atoms with Crippen molar-refractivity contribution in [3.8, 4) is 0 Å². The van der Waals surface area contributed by atoms with E-state index in [0.717, 1.165) is 12.8 Å². The van der Waals surface area contributed by atoms with Gasteiger partial charge in [0.05, 0.1) is 13.2 Å². The highest BCUT2D eigenvalue weighted by atomic mass is 16.5. The summed E-state index contributed by atoms with van der Waals surface area (Å²) in [6.07, 6.45) is 1.89. The van der Waals surface area contributed by atoms with Gasteiger partial charge in [-0.05, 0) is 13.3 Å². The lowest BCUT2D eigenvalue weighted by Crippen LogP contribution is -2.49. The van der Waals surface area contributed by atoms with Gasteiger partial charge in [0.25, 0.3) is 5.56 Å². The standard InChI is InChI=1S/C18H28N6O4/c1-4-6-7-24-14-15(21(3)18(27)20-16(14)26)19-17(24)23-10-8-22(9-11-23)12-13(25)28-5-2/h4-12H2,1-3H3,(H,20,26,27). The van der Waals surface area contributed by atoms with Crippen molar-refractivity contribution in [2.45, 2.75) is 33.2 Å². The molecule has 1 aliphatic rings. The van der Waals surface area contributed by atoms with E-state index in [1.807, 2.05) is 4.57 Å². The Morgan fingerprint density at radius 2 is 1.89 bits per heavy atom. The molecule has 0 atom stereocenters. The average molecular weight is 392 g/mol. The zero-order valence-electron chi connectivity index (χ0n) is 16.7. The number of aromatic nitrogens is 4. The van der Waals surface area contributed by atoms with Gasteiger partial charge in [-0.2, -0.15) is 4.98 Å². The van der Waals surface area contributed by atoms with E-state index in [9.17, 15) is 14.4 Å². The third-order valence-corrected chi connectivity index (χ3v) is 5.04. The number of carbonyl (C=O) groups excluding carboxylic acids is 1. The Balaban J connectivity index is 1.88. The number of hydrogen-bond acceptors (Lipinski definition) is 7. The van der Waals surface area contributed by atoms with Crippen LogP contribution in [0.5, 0.6) is 0 Å². The third kappa shape index (κ3) is 3.96. The van der Waals surface area contributed by atoms with Gasteiger partial charge in [0.15, 0.2) is 11.2 Å². The minimum absolute atomic E-state index is 0.215. The molecule has 0 aromatic carbocycles. The van der Waals surface area contributed by atoms with Crippen molar-refractivity contribution in [2.24, 2.45) is 7.05 Å². The Morgan fingerprint density at radius 1 is 1.18 bits per heavy atom. The molecule has 0 radical (unpaired) electrons. The summed E-state index contributed by atoms with van der Waals surface area (Å²) >= 11 is 0. The van der Waals surface area contributed by atoms with Gasteiger partial charge in [-0.15, -0.1) is 0 Å². The van der Waals surface area contributed by atoms with E-state index >= 15 is 0 Å².